The van der Waals surface area contributed by atoms with E-state index in [1.807, 2.05) is 21.1 Å². The summed E-state index contributed by atoms with van der Waals surface area (Å²) in [5, 5.41) is 0. The number of carbonyl (C=O) groups is 2. The molecule has 0 heterocycles. The molecule has 0 aliphatic heterocycles. The normalized spacial score (nSPS) is 13.4. The van der Waals surface area contributed by atoms with Gasteiger partial charge in [-0.05, 0) is 77.0 Å². The van der Waals surface area contributed by atoms with Crippen LogP contribution in [0.15, 0.2) is 60.8 Å². The van der Waals surface area contributed by atoms with E-state index in [9.17, 15) is 19.0 Å². The van der Waals surface area contributed by atoms with E-state index in [0.29, 0.717) is 23.9 Å². The Morgan fingerprint density at radius 1 is 0.364 bits per heavy atom. The number of phosphoric ester groups is 1. The van der Waals surface area contributed by atoms with Crippen LogP contribution in [-0.2, 0) is 32.7 Å². The van der Waals surface area contributed by atoms with Crippen LogP contribution in [0.3, 0.4) is 0 Å². The number of rotatable bonds is 71. The molecule has 0 amide bonds. The zero-order valence-electron chi connectivity index (χ0n) is 59.0. The van der Waals surface area contributed by atoms with Gasteiger partial charge in [-0.1, -0.05) is 344 Å². The van der Waals surface area contributed by atoms with Crippen LogP contribution in [0.1, 0.15) is 373 Å². The van der Waals surface area contributed by atoms with E-state index in [-0.39, 0.29) is 25.6 Å². The van der Waals surface area contributed by atoms with Gasteiger partial charge in [0.05, 0.1) is 27.7 Å². The van der Waals surface area contributed by atoms with Crippen molar-refractivity contribution >= 4 is 19.8 Å². The highest BCUT2D eigenvalue weighted by Gasteiger charge is 2.27. The Morgan fingerprint density at radius 2 is 0.648 bits per heavy atom. The van der Waals surface area contributed by atoms with Gasteiger partial charge >= 0.3 is 19.8 Å². The van der Waals surface area contributed by atoms with Gasteiger partial charge in [0.2, 0.25) is 0 Å². The molecule has 0 aliphatic rings. The van der Waals surface area contributed by atoms with Crippen LogP contribution in [0.5, 0.6) is 0 Å². The molecule has 0 bridgehead atoms. The summed E-state index contributed by atoms with van der Waals surface area (Å²) in [6, 6.07) is 0. The minimum atomic E-state index is -4.39. The molecule has 9 nitrogen and oxygen atoms in total. The Morgan fingerprint density at radius 3 is 0.977 bits per heavy atom. The zero-order chi connectivity index (χ0) is 64.1. The molecule has 88 heavy (non-hydrogen) atoms. The van der Waals surface area contributed by atoms with Crippen molar-refractivity contribution in [3.05, 3.63) is 60.8 Å². The number of esters is 2. The third-order valence-corrected chi connectivity index (χ3v) is 18.0. The SMILES string of the molecule is CC/C=C\C/C=C\C/C=C\C/C=C\CCCCCCCCCCCCCCCCCCCCCCCCCCCCCCC(=O)OC(COC(=O)CCCCCCCCCCCCC/C=C\CCCCCCCCCC)COP(=O)(O)OCC[N+](C)(C)C. The number of likely N-dealkylation sites (N-methyl/N-ethyl adjacent to an activating group) is 1. The molecule has 0 radical (unpaired) electrons. The van der Waals surface area contributed by atoms with E-state index < -0.39 is 26.5 Å². The Balaban J connectivity index is 3.89. The highest BCUT2D eigenvalue weighted by molar-refractivity contribution is 7.47. The molecule has 0 aromatic carbocycles. The maximum atomic E-state index is 12.9. The van der Waals surface area contributed by atoms with Crippen LogP contribution in [0.25, 0.3) is 0 Å². The monoisotopic (exact) mass is 1260 g/mol. The summed E-state index contributed by atoms with van der Waals surface area (Å²) in [6.07, 6.45) is 92.2. The topological polar surface area (TPSA) is 108 Å². The first-order valence-electron chi connectivity index (χ1n) is 38.0. The van der Waals surface area contributed by atoms with Crippen LogP contribution < -0.4 is 0 Å². The van der Waals surface area contributed by atoms with Crippen LogP contribution in [0.2, 0.25) is 0 Å². The van der Waals surface area contributed by atoms with Gasteiger partial charge in [-0.25, -0.2) is 4.57 Å². The lowest BCUT2D eigenvalue weighted by Crippen LogP contribution is -2.37. The van der Waals surface area contributed by atoms with Crippen molar-refractivity contribution in [1.82, 2.24) is 0 Å². The number of ether oxygens (including phenoxy) is 2. The van der Waals surface area contributed by atoms with Gasteiger partial charge in [-0.2, -0.15) is 0 Å². The second-order valence-corrected chi connectivity index (χ2v) is 28.5. The van der Waals surface area contributed by atoms with Gasteiger partial charge < -0.3 is 18.9 Å². The van der Waals surface area contributed by atoms with Crippen LogP contribution in [0.4, 0.5) is 0 Å². The third-order valence-electron chi connectivity index (χ3n) is 17.0. The first-order chi connectivity index (χ1) is 43.0. The average Bonchev–Trinajstić information content (AvgIpc) is 3.58. The third kappa shape index (κ3) is 72.8. The Hall–Kier alpha value is -2.29. The smallest absolute Gasteiger partial charge is 0.462 e. The highest BCUT2D eigenvalue weighted by Crippen LogP contribution is 2.43. The number of allylic oxidation sites excluding steroid dienone is 10. The van der Waals surface area contributed by atoms with Crippen molar-refractivity contribution in [2.45, 2.75) is 380 Å². The van der Waals surface area contributed by atoms with Crippen LogP contribution in [0, 0.1) is 0 Å². The standard InChI is InChI=1S/C78H146NO8P/c1-6-8-10-12-14-16-18-20-22-24-26-28-30-31-32-33-34-35-36-37-38-39-40-41-42-43-44-45-46-47-49-51-53-55-57-59-61-63-65-67-69-71-78(81)87-76(75-86-88(82,83)85-73-72-79(3,4)5)74-84-77(80)70-68-66-64-62-60-58-56-54-52-50-48-29-27-25-23-21-19-17-15-13-11-9-7-2/h8,10,14,16,20,22,25-28,76H,6-7,9,11-13,15,17-19,21,23-24,29-75H2,1-5H3/p+1/b10-8-,16-14-,22-20-,27-25-,28-26-. The molecule has 2 atom stereocenters. The predicted octanol–water partition coefficient (Wildman–Crippen LogP) is 24.9. The number of unbranched alkanes of at least 4 members (excludes halogenated alkanes) is 47. The zero-order valence-corrected chi connectivity index (χ0v) is 59.9. The number of phosphoric acid groups is 1. The van der Waals surface area contributed by atoms with Gasteiger partial charge in [-0.3, -0.25) is 18.6 Å². The maximum absolute atomic E-state index is 12.9. The largest absolute Gasteiger partial charge is 0.472 e. The lowest BCUT2D eigenvalue weighted by atomic mass is 10.0. The second kappa shape index (κ2) is 69.1. The molecule has 0 aromatic heterocycles. The Bertz CT molecular complexity index is 1670. The number of hydrogen-bond acceptors (Lipinski definition) is 7. The Labute approximate surface area is 546 Å². The molecular weight excluding hydrogens is 1110 g/mol. The summed E-state index contributed by atoms with van der Waals surface area (Å²) >= 11 is 0. The van der Waals surface area contributed by atoms with Gasteiger partial charge in [-0.15, -0.1) is 0 Å². The molecule has 10 heteroatoms. The van der Waals surface area contributed by atoms with Crippen molar-refractivity contribution in [3.8, 4) is 0 Å². The number of carbonyl (C=O) groups excluding carboxylic acids is 2. The molecule has 1 N–H and O–H groups in total. The summed E-state index contributed by atoms with van der Waals surface area (Å²) < 4.78 is 34.8. The number of nitrogens with zero attached hydrogens (tertiary/aromatic N) is 1. The quantitative estimate of drug-likeness (QED) is 0.0211. The fourth-order valence-corrected chi connectivity index (χ4v) is 12.0. The van der Waals surface area contributed by atoms with E-state index in [4.69, 9.17) is 18.5 Å². The van der Waals surface area contributed by atoms with Crippen LogP contribution in [-0.4, -0.2) is 74.9 Å². The summed E-state index contributed by atoms with van der Waals surface area (Å²) in [5.41, 5.74) is 0. The molecular formula is C78H147NO8P+. The van der Waals surface area contributed by atoms with Crippen molar-refractivity contribution in [1.29, 1.82) is 0 Å². The Kier molecular flexibility index (Phi) is 67.3. The van der Waals surface area contributed by atoms with Gasteiger partial charge in [0, 0.05) is 12.8 Å². The molecule has 0 spiro atoms. The van der Waals surface area contributed by atoms with Gasteiger partial charge in [0.15, 0.2) is 6.10 Å². The van der Waals surface area contributed by atoms with Crippen molar-refractivity contribution in [2.75, 3.05) is 47.5 Å². The van der Waals surface area contributed by atoms with E-state index >= 15 is 0 Å². The molecule has 0 saturated carbocycles. The van der Waals surface area contributed by atoms with E-state index in [0.717, 1.165) is 57.8 Å². The average molecular weight is 1260 g/mol. The minimum Gasteiger partial charge on any atom is -0.462 e. The maximum Gasteiger partial charge on any atom is 0.472 e. The molecule has 516 valence electrons. The lowest BCUT2D eigenvalue weighted by Gasteiger charge is -2.24. The van der Waals surface area contributed by atoms with Gasteiger partial charge in [0.1, 0.15) is 19.8 Å². The van der Waals surface area contributed by atoms with Crippen molar-refractivity contribution in [3.63, 3.8) is 0 Å². The second-order valence-electron chi connectivity index (χ2n) is 27.0. The van der Waals surface area contributed by atoms with E-state index in [1.165, 1.54) is 283 Å². The summed E-state index contributed by atoms with van der Waals surface area (Å²) in [6.45, 7) is 4.38. The lowest BCUT2D eigenvalue weighted by molar-refractivity contribution is -0.870. The fourth-order valence-electron chi connectivity index (χ4n) is 11.2. The van der Waals surface area contributed by atoms with Gasteiger partial charge in [0.25, 0.3) is 0 Å². The van der Waals surface area contributed by atoms with Crippen molar-refractivity contribution in [2.24, 2.45) is 0 Å². The molecule has 0 rings (SSSR count). The summed E-state index contributed by atoms with van der Waals surface area (Å²) in [7, 11) is 1.50. The first-order valence-corrected chi connectivity index (χ1v) is 39.5. The predicted molar refractivity (Wildman–Crippen MR) is 381 cm³/mol. The highest BCUT2D eigenvalue weighted by atomic mass is 31.2. The first kappa shape index (κ1) is 85.7. The molecule has 0 aliphatic carbocycles. The van der Waals surface area contributed by atoms with Crippen molar-refractivity contribution < 1.29 is 42.1 Å². The number of hydrogen-bond donors (Lipinski definition) is 1. The van der Waals surface area contributed by atoms with Crippen LogP contribution >= 0.6 is 7.82 Å². The summed E-state index contributed by atoms with van der Waals surface area (Å²) in [4.78, 5) is 35.9. The minimum absolute atomic E-state index is 0.0339. The van der Waals surface area contributed by atoms with E-state index in [1.54, 1.807) is 0 Å². The summed E-state index contributed by atoms with van der Waals surface area (Å²) in [5.74, 6) is -0.778. The number of quaternary nitrogens is 1. The molecule has 2 unspecified atom stereocenters. The molecule has 0 saturated heterocycles. The molecule has 0 aromatic rings. The molecule has 0 fully saturated rings. The fraction of sp³-hybridized carbons (Fsp3) is 0.846. The van der Waals surface area contributed by atoms with E-state index in [2.05, 4.69) is 74.6 Å².